The number of carboxylic acids is 1. The molecule has 0 aromatic rings. The molecule has 1 aliphatic rings. The quantitative estimate of drug-likeness (QED) is 0.742. The van der Waals surface area contributed by atoms with E-state index in [1.165, 1.54) is 0 Å². The Morgan fingerprint density at radius 3 is 2.78 bits per heavy atom. The molecule has 0 amide bonds. The highest BCUT2D eigenvalue weighted by atomic mass is 16.5. The third-order valence-corrected chi connectivity index (χ3v) is 3.42. The maximum Gasteiger partial charge on any atom is 0.324 e. The Morgan fingerprint density at radius 2 is 2.28 bits per heavy atom. The molecule has 0 spiro atoms. The molecule has 18 heavy (non-hydrogen) atoms. The molecular weight excluding hydrogens is 232 g/mol. The first kappa shape index (κ1) is 15.4. The molecule has 5 heteroatoms. The first-order chi connectivity index (χ1) is 8.39. The number of carbonyl (C=O) groups is 1. The van der Waals surface area contributed by atoms with Crippen LogP contribution in [0.4, 0.5) is 0 Å². The van der Waals surface area contributed by atoms with Crippen molar-refractivity contribution in [2.45, 2.75) is 51.7 Å². The smallest absolute Gasteiger partial charge is 0.324 e. The predicted octanol–water partition coefficient (Wildman–Crippen LogP) is 0.939. The third kappa shape index (κ3) is 3.93. The highest BCUT2D eigenvalue weighted by Gasteiger charge is 2.37. The summed E-state index contributed by atoms with van der Waals surface area (Å²) in [4.78, 5) is 13.7. The van der Waals surface area contributed by atoms with Gasteiger partial charge in [-0.05, 0) is 27.2 Å². The molecule has 0 bridgehead atoms. The van der Waals surface area contributed by atoms with Crippen LogP contribution < -0.4 is 5.32 Å². The van der Waals surface area contributed by atoms with Gasteiger partial charge in [-0.1, -0.05) is 6.92 Å². The van der Waals surface area contributed by atoms with Crippen molar-refractivity contribution >= 4 is 5.97 Å². The van der Waals surface area contributed by atoms with Gasteiger partial charge in [0.2, 0.25) is 0 Å². The first-order valence-corrected chi connectivity index (χ1v) is 6.72. The monoisotopic (exact) mass is 258 g/mol. The molecule has 0 aromatic heterocycles. The van der Waals surface area contributed by atoms with Gasteiger partial charge in [0.1, 0.15) is 5.54 Å². The fourth-order valence-corrected chi connectivity index (χ4v) is 2.49. The number of ether oxygens (including phenoxy) is 1. The van der Waals surface area contributed by atoms with E-state index in [0.29, 0.717) is 25.8 Å². The summed E-state index contributed by atoms with van der Waals surface area (Å²) in [6, 6.07) is 0.471. The molecule has 0 aromatic carbocycles. The SMILES string of the molecule is CCC1COCCN1CC(C)(NC(C)C)C(=O)O. The van der Waals surface area contributed by atoms with E-state index in [1.807, 2.05) is 13.8 Å². The molecule has 1 saturated heterocycles. The molecule has 1 heterocycles. The average Bonchev–Trinajstić information content (AvgIpc) is 2.28. The fraction of sp³-hybridized carbons (Fsp3) is 0.923. The zero-order valence-electron chi connectivity index (χ0n) is 11.9. The van der Waals surface area contributed by atoms with E-state index in [4.69, 9.17) is 4.74 Å². The minimum atomic E-state index is -0.904. The zero-order valence-corrected chi connectivity index (χ0v) is 11.9. The lowest BCUT2D eigenvalue weighted by atomic mass is 9.98. The maximum atomic E-state index is 11.5. The Labute approximate surface area is 109 Å². The number of rotatable bonds is 6. The van der Waals surface area contributed by atoms with Crippen LogP contribution >= 0.6 is 0 Å². The molecule has 0 saturated carbocycles. The first-order valence-electron chi connectivity index (χ1n) is 6.72. The van der Waals surface area contributed by atoms with E-state index >= 15 is 0 Å². The molecule has 106 valence electrons. The van der Waals surface area contributed by atoms with Gasteiger partial charge in [0.25, 0.3) is 0 Å². The van der Waals surface area contributed by atoms with Gasteiger partial charge in [0.05, 0.1) is 13.2 Å². The van der Waals surface area contributed by atoms with Crippen molar-refractivity contribution < 1.29 is 14.6 Å². The lowest BCUT2D eigenvalue weighted by molar-refractivity contribution is -0.146. The van der Waals surface area contributed by atoms with Gasteiger partial charge in [0.15, 0.2) is 0 Å². The highest BCUT2D eigenvalue weighted by molar-refractivity contribution is 5.78. The fourth-order valence-electron chi connectivity index (χ4n) is 2.49. The molecule has 2 N–H and O–H groups in total. The van der Waals surface area contributed by atoms with Crippen molar-refractivity contribution in [3.63, 3.8) is 0 Å². The summed E-state index contributed by atoms with van der Waals surface area (Å²) >= 11 is 0. The summed E-state index contributed by atoms with van der Waals surface area (Å²) in [5.74, 6) is -0.794. The molecule has 1 fully saturated rings. The van der Waals surface area contributed by atoms with E-state index in [-0.39, 0.29) is 6.04 Å². The van der Waals surface area contributed by atoms with Crippen LogP contribution in [-0.2, 0) is 9.53 Å². The van der Waals surface area contributed by atoms with Crippen LogP contribution in [0.2, 0.25) is 0 Å². The van der Waals surface area contributed by atoms with Crippen LogP contribution in [0.3, 0.4) is 0 Å². The second-order valence-electron chi connectivity index (χ2n) is 5.54. The van der Waals surface area contributed by atoms with Crippen molar-refractivity contribution in [1.82, 2.24) is 10.2 Å². The number of nitrogens with zero attached hydrogens (tertiary/aromatic N) is 1. The summed E-state index contributed by atoms with van der Waals surface area (Å²) in [6.45, 7) is 10.5. The molecule has 5 nitrogen and oxygen atoms in total. The van der Waals surface area contributed by atoms with E-state index in [9.17, 15) is 9.90 Å². The van der Waals surface area contributed by atoms with Gasteiger partial charge in [-0.2, -0.15) is 0 Å². The van der Waals surface area contributed by atoms with Gasteiger partial charge in [-0.25, -0.2) is 0 Å². The molecule has 2 unspecified atom stereocenters. The lowest BCUT2D eigenvalue weighted by Gasteiger charge is -2.40. The van der Waals surface area contributed by atoms with Crippen molar-refractivity contribution in [2.75, 3.05) is 26.3 Å². The predicted molar refractivity (Wildman–Crippen MR) is 70.8 cm³/mol. The standard InChI is InChI=1S/C13H26N2O3/c1-5-11-8-18-7-6-15(11)9-13(4,12(16)17)14-10(2)3/h10-11,14H,5-9H2,1-4H3,(H,16,17). The second-order valence-corrected chi connectivity index (χ2v) is 5.54. The Bertz CT molecular complexity index is 283. The lowest BCUT2D eigenvalue weighted by Crippen LogP contribution is -2.61. The maximum absolute atomic E-state index is 11.5. The minimum absolute atomic E-state index is 0.146. The number of morpholine rings is 1. The van der Waals surface area contributed by atoms with Gasteiger partial charge in [-0.3, -0.25) is 15.0 Å². The van der Waals surface area contributed by atoms with Gasteiger partial charge >= 0.3 is 5.97 Å². The van der Waals surface area contributed by atoms with E-state index in [0.717, 1.165) is 13.0 Å². The summed E-state index contributed by atoms with van der Waals surface area (Å²) in [5.41, 5.74) is -0.904. The highest BCUT2D eigenvalue weighted by Crippen LogP contribution is 2.16. The van der Waals surface area contributed by atoms with Gasteiger partial charge in [0, 0.05) is 25.2 Å². The van der Waals surface area contributed by atoms with E-state index in [2.05, 4.69) is 17.1 Å². The van der Waals surface area contributed by atoms with Crippen LogP contribution in [-0.4, -0.2) is 59.9 Å². The molecule has 1 rings (SSSR count). The molecule has 1 aliphatic heterocycles. The number of hydrogen-bond donors (Lipinski definition) is 2. The summed E-state index contributed by atoms with van der Waals surface area (Å²) < 4.78 is 5.45. The normalized spacial score (nSPS) is 25.1. The number of aliphatic carboxylic acids is 1. The Morgan fingerprint density at radius 1 is 1.61 bits per heavy atom. The van der Waals surface area contributed by atoms with Gasteiger partial charge < -0.3 is 9.84 Å². The Balaban J connectivity index is 2.72. The van der Waals surface area contributed by atoms with Crippen LogP contribution in [0.5, 0.6) is 0 Å². The Hall–Kier alpha value is -0.650. The number of nitrogens with one attached hydrogen (secondary N) is 1. The molecular formula is C13H26N2O3. The topological polar surface area (TPSA) is 61.8 Å². The largest absolute Gasteiger partial charge is 0.480 e. The molecule has 0 aliphatic carbocycles. The van der Waals surface area contributed by atoms with Gasteiger partial charge in [-0.15, -0.1) is 0 Å². The number of carboxylic acid groups (broad SMARTS) is 1. The zero-order chi connectivity index (χ0) is 13.8. The average molecular weight is 258 g/mol. The summed E-state index contributed by atoms with van der Waals surface area (Å²) in [5, 5.41) is 12.6. The van der Waals surface area contributed by atoms with Crippen molar-refractivity contribution in [3.8, 4) is 0 Å². The number of hydrogen-bond acceptors (Lipinski definition) is 4. The van der Waals surface area contributed by atoms with E-state index in [1.54, 1.807) is 6.92 Å². The minimum Gasteiger partial charge on any atom is -0.480 e. The third-order valence-electron chi connectivity index (χ3n) is 3.42. The van der Waals surface area contributed by atoms with Crippen molar-refractivity contribution in [3.05, 3.63) is 0 Å². The van der Waals surface area contributed by atoms with Crippen LogP contribution in [0.1, 0.15) is 34.1 Å². The Kier molecular flexibility index (Phi) is 5.56. The summed E-state index contributed by atoms with van der Waals surface area (Å²) in [7, 11) is 0. The molecule has 2 atom stereocenters. The van der Waals surface area contributed by atoms with Crippen LogP contribution in [0, 0.1) is 0 Å². The molecule has 0 radical (unpaired) electrons. The van der Waals surface area contributed by atoms with E-state index < -0.39 is 11.5 Å². The second kappa shape index (κ2) is 6.50. The van der Waals surface area contributed by atoms with Crippen molar-refractivity contribution in [1.29, 1.82) is 0 Å². The van der Waals surface area contributed by atoms with Crippen LogP contribution in [0.15, 0.2) is 0 Å². The van der Waals surface area contributed by atoms with Crippen molar-refractivity contribution in [2.24, 2.45) is 0 Å². The summed E-state index contributed by atoms with van der Waals surface area (Å²) in [6.07, 6.45) is 0.984. The van der Waals surface area contributed by atoms with Crippen LogP contribution in [0.25, 0.3) is 0 Å².